The van der Waals surface area contributed by atoms with E-state index in [9.17, 15) is 9.59 Å². The summed E-state index contributed by atoms with van der Waals surface area (Å²) in [5.74, 6) is -0.105. The van der Waals surface area contributed by atoms with E-state index in [1.165, 1.54) is 4.90 Å². The summed E-state index contributed by atoms with van der Waals surface area (Å²) >= 11 is 0. The van der Waals surface area contributed by atoms with Crippen LogP contribution in [0.15, 0.2) is 30.3 Å². The molecule has 1 aromatic carbocycles. The van der Waals surface area contributed by atoms with Crippen molar-refractivity contribution in [1.82, 2.24) is 10.2 Å². The number of benzene rings is 1. The van der Waals surface area contributed by atoms with Crippen LogP contribution in [0.4, 0.5) is 10.5 Å². The van der Waals surface area contributed by atoms with E-state index in [2.05, 4.69) is 5.32 Å². The van der Waals surface area contributed by atoms with Crippen LogP contribution >= 0.6 is 0 Å². The molecule has 0 saturated carbocycles. The first-order chi connectivity index (χ1) is 9.77. The van der Waals surface area contributed by atoms with E-state index in [1.54, 1.807) is 0 Å². The molecule has 2 heterocycles. The third kappa shape index (κ3) is 2.41. The zero-order valence-electron chi connectivity index (χ0n) is 11.4. The van der Waals surface area contributed by atoms with E-state index < -0.39 is 0 Å². The Morgan fingerprint density at radius 1 is 1.05 bits per heavy atom. The van der Waals surface area contributed by atoms with Crippen LogP contribution in [0.25, 0.3) is 0 Å². The summed E-state index contributed by atoms with van der Waals surface area (Å²) in [6.45, 7) is 2.42. The van der Waals surface area contributed by atoms with Gasteiger partial charge in [0.05, 0.1) is 5.69 Å². The Morgan fingerprint density at radius 3 is 2.45 bits per heavy atom. The normalized spacial score (nSPS) is 21.4. The molecule has 2 aliphatic heterocycles. The predicted octanol–water partition coefficient (Wildman–Crippen LogP) is 1.60. The van der Waals surface area contributed by atoms with E-state index in [0.717, 1.165) is 25.9 Å². The molecule has 0 aliphatic carbocycles. The smallest absolute Gasteiger partial charge is 0.320 e. The van der Waals surface area contributed by atoms with Crippen molar-refractivity contribution in [3.8, 4) is 0 Å². The van der Waals surface area contributed by atoms with Crippen molar-refractivity contribution in [3.63, 3.8) is 0 Å². The summed E-state index contributed by atoms with van der Waals surface area (Å²) in [5, 5.41) is 3.30. The molecule has 0 spiro atoms. The standard InChI is InChI=1S/C15H19N3O2/c19-14-8-11-17(12-6-9-16-10-7-12)15(20)18(14)13-4-2-1-3-5-13/h1-5,12,16H,6-11H2. The van der Waals surface area contributed by atoms with Gasteiger partial charge in [-0.15, -0.1) is 0 Å². The Hall–Kier alpha value is -1.88. The van der Waals surface area contributed by atoms with Gasteiger partial charge in [-0.2, -0.15) is 0 Å². The number of imide groups is 1. The van der Waals surface area contributed by atoms with E-state index >= 15 is 0 Å². The van der Waals surface area contributed by atoms with Gasteiger partial charge in [0.15, 0.2) is 0 Å². The molecule has 2 fully saturated rings. The third-order valence-electron chi connectivity index (χ3n) is 4.02. The number of carbonyl (C=O) groups is 2. The van der Waals surface area contributed by atoms with Gasteiger partial charge in [0.1, 0.15) is 0 Å². The number of hydrogen-bond acceptors (Lipinski definition) is 3. The molecule has 5 nitrogen and oxygen atoms in total. The fourth-order valence-electron chi connectivity index (χ4n) is 2.95. The summed E-state index contributed by atoms with van der Waals surface area (Å²) in [4.78, 5) is 27.9. The van der Waals surface area contributed by atoms with Gasteiger partial charge in [-0.3, -0.25) is 4.79 Å². The Morgan fingerprint density at radius 2 is 1.75 bits per heavy atom. The van der Waals surface area contributed by atoms with E-state index in [1.807, 2.05) is 35.2 Å². The van der Waals surface area contributed by atoms with Gasteiger partial charge in [-0.05, 0) is 38.1 Å². The lowest BCUT2D eigenvalue weighted by atomic mass is 10.0. The number of anilines is 1. The molecular formula is C15H19N3O2. The van der Waals surface area contributed by atoms with Gasteiger partial charge in [0, 0.05) is 19.0 Å². The summed E-state index contributed by atoms with van der Waals surface area (Å²) in [6, 6.07) is 9.28. The Balaban J connectivity index is 1.82. The number of hydrogen-bond donors (Lipinski definition) is 1. The van der Waals surface area contributed by atoms with Gasteiger partial charge in [0.25, 0.3) is 0 Å². The highest BCUT2D eigenvalue weighted by Gasteiger charge is 2.36. The number of amides is 3. The molecule has 0 radical (unpaired) electrons. The molecule has 0 unspecified atom stereocenters. The van der Waals surface area contributed by atoms with Crippen LogP contribution < -0.4 is 10.2 Å². The van der Waals surface area contributed by atoms with Crippen molar-refractivity contribution in [2.24, 2.45) is 0 Å². The van der Waals surface area contributed by atoms with Gasteiger partial charge >= 0.3 is 6.03 Å². The fourth-order valence-corrected chi connectivity index (χ4v) is 2.95. The average Bonchev–Trinajstić information content (AvgIpc) is 2.49. The Kier molecular flexibility index (Phi) is 3.69. The Labute approximate surface area is 118 Å². The highest BCUT2D eigenvalue weighted by Crippen LogP contribution is 2.24. The highest BCUT2D eigenvalue weighted by molar-refractivity contribution is 6.15. The van der Waals surface area contributed by atoms with Crippen molar-refractivity contribution in [1.29, 1.82) is 0 Å². The van der Waals surface area contributed by atoms with Crippen molar-refractivity contribution in [2.45, 2.75) is 25.3 Å². The second-order valence-corrected chi connectivity index (χ2v) is 5.27. The molecule has 1 aromatic rings. The van der Waals surface area contributed by atoms with Gasteiger partial charge in [-0.25, -0.2) is 9.69 Å². The first-order valence-corrected chi connectivity index (χ1v) is 7.16. The van der Waals surface area contributed by atoms with E-state index in [4.69, 9.17) is 0 Å². The number of urea groups is 1. The van der Waals surface area contributed by atoms with Crippen LogP contribution in [0.2, 0.25) is 0 Å². The number of rotatable bonds is 2. The quantitative estimate of drug-likeness (QED) is 0.890. The van der Waals surface area contributed by atoms with Crippen LogP contribution in [-0.4, -0.2) is 42.5 Å². The fraction of sp³-hybridized carbons (Fsp3) is 0.467. The molecule has 5 heteroatoms. The van der Waals surface area contributed by atoms with Crippen LogP contribution in [0.1, 0.15) is 19.3 Å². The minimum atomic E-state index is -0.167. The van der Waals surface area contributed by atoms with Crippen molar-refractivity contribution in [3.05, 3.63) is 30.3 Å². The van der Waals surface area contributed by atoms with Crippen LogP contribution in [-0.2, 0) is 4.79 Å². The molecule has 20 heavy (non-hydrogen) atoms. The first kappa shape index (κ1) is 13.1. The zero-order chi connectivity index (χ0) is 13.9. The van der Waals surface area contributed by atoms with E-state index in [-0.39, 0.29) is 18.0 Å². The van der Waals surface area contributed by atoms with Crippen LogP contribution in [0.5, 0.6) is 0 Å². The maximum Gasteiger partial charge on any atom is 0.331 e. The lowest BCUT2D eigenvalue weighted by Crippen LogP contribution is -2.57. The number of para-hydroxylation sites is 1. The monoisotopic (exact) mass is 273 g/mol. The SMILES string of the molecule is O=C1CCN(C2CCNCC2)C(=O)N1c1ccccc1. The first-order valence-electron chi connectivity index (χ1n) is 7.16. The number of carbonyl (C=O) groups excluding carboxylic acids is 2. The van der Waals surface area contributed by atoms with Gasteiger partial charge < -0.3 is 10.2 Å². The zero-order valence-corrected chi connectivity index (χ0v) is 11.4. The molecule has 2 aliphatic rings. The van der Waals surface area contributed by atoms with Crippen molar-refractivity contribution in [2.75, 3.05) is 24.5 Å². The third-order valence-corrected chi connectivity index (χ3v) is 4.02. The number of piperidine rings is 1. The summed E-state index contributed by atoms with van der Waals surface area (Å²) in [7, 11) is 0. The van der Waals surface area contributed by atoms with Crippen LogP contribution in [0, 0.1) is 0 Å². The molecular weight excluding hydrogens is 254 g/mol. The topological polar surface area (TPSA) is 52.7 Å². The maximum atomic E-state index is 12.6. The van der Waals surface area contributed by atoms with Crippen molar-refractivity contribution < 1.29 is 9.59 Å². The number of nitrogens with zero attached hydrogens (tertiary/aromatic N) is 2. The lowest BCUT2D eigenvalue weighted by Gasteiger charge is -2.40. The largest absolute Gasteiger partial charge is 0.331 e. The lowest BCUT2D eigenvalue weighted by molar-refractivity contribution is -0.119. The summed E-state index contributed by atoms with van der Waals surface area (Å²) in [5.41, 5.74) is 0.668. The molecule has 3 amide bonds. The second kappa shape index (κ2) is 5.63. The predicted molar refractivity (Wildman–Crippen MR) is 76.5 cm³/mol. The molecule has 2 saturated heterocycles. The van der Waals surface area contributed by atoms with Gasteiger partial charge in [0.2, 0.25) is 5.91 Å². The number of nitrogens with one attached hydrogen (secondary N) is 1. The molecule has 1 N–H and O–H groups in total. The van der Waals surface area contributed by atoms with Gasteiger partial charge in [-0.1, -0.05) is 18.2 Å². The molecule has 0 bridgehead atoms. The molecule has 3 rings (SSSR count). The van der Waals surface area contributed by atoms with Crippen molar-refractivity contribution >= 4 is 17.6 Å². The van der Waals surface area contributed by atoms with E-state index in [0.29, 0.717) is 18.7 Å². The van der Waals surface area contributed by atoms with Crippen LogP contribution in [0.3, 0.4) is 0 Å². The molecule has 0 atom stereocenters. The minimum Gasteiger partial charge on any atom is -0.320 e. The molecule has 0 aromatic heterocycles. The summed E-state index contributed by atoms with van der Waals surface area (Å²) in [6.07, 6.45) is 2.33. The average molecular weight is 273 g/mol. The summed E-state index contributed by atoms with van der Waals surface area (Å²) < 4.78 is 0. The maximum absolute atomic E-state index is 12.6. The second-order valence-electron chi connectivity index (χ2n) is 5.27. The Bertz CT molecular complexity index is 497. The minimum absolute atomic E-state index is 0.105. The highest BCUT2D eigenvalue weighted by atomic mass is 16.2. The molecule has 106 valence electrons.